The Bertz CT molecular complexity index is 175. The van der Waals surface area contributed by atoms with E-state index in [9.17, 15) is 17.6 Å². The maximum atomic E-state index is 11.9. The molecule has 0 unspecified atom stereocenters. The Morgan fingerprint density at radius 1 is 1.45 bits per heavy atom. The van der Waals surface area contributed by atoms with Crippen molar-refractivity contribution in [1.29, 1.82) is 0 Å². The molecule has 0 amide bonds. The van der Waals surface area contributed by atoms with Crippen molar-refractivity contribution >= 4 is 0 Å². The first kappa shape index (κ1) is 10.2. The van der Waals surface area contributed by atoms with E-state index in [2.05, 4.69) is 6.58 Å². The zero-order valence-corrected chi connectivity index (χ0v) is 6.00. The Kier molecular flexibility index (Phi) is 3.29. The maximum Gasteiger partial charge on any atom is 0.412 e. The third kappa shape index (κ3) is 3.80. The van der Waals surface area contributed by atoms with Crippen molar-refractivity contribution in [1.82, 2.24) is 0 Å². The average Bonchev–Trinajstić information content (AvgIpc) is 1.79. The number of hydrogen-bond donors (Lipinski definition) is 0. The van der Waals surface area contributed by atoms with E-state index in [0.29, 0.717) is 6.08 Å². The van der Waals surface area contributed by atoms with Crippen LogP contribution in [0, 0.1) is 0 Å². The number of allylic oxidation sites excluding steroid dienone is 3. The van der Waals surface area contributed by atoms with Gasteiger partial charge in [-0.1, -0.05) is 13.5 Å². The van der Waals surface area contributed by atoms with Gasteiger partial charge in [-0.2, -0.15) is 13.2 Å². The second-order valence-corrected chi connectivity index (χ2v) is 1.97. The fourth-order valence-electron chi connectivity index (χ4n) is 0.573. The molecule has 11 heavy (non-hydrogen) atoms. The Morgan fingerprint density at radius 2 is 1.91 bits per heavy atom. The third-order valence-corrected chi connectivity index (χ3v) is 1.08. The summed E-state index contributed by atoms with van der Waals surface area (Å²) in [5.74, 6) is -1.07. The SMILES string of the molecule is C=C(F)/C=C(\CC)C(F)(F)F. The molecule has 0 radical (unpaired) electrons. The Labute approximate surface area is 62.2 Å². The van der Waals surface area contributed by atoms with Crippen LogP contribution in [0.15, 0.2) is 24.1 Å². The first-order chi connectivity index (χ1) is 4.88. The number of hydrogen-bond acceptors (Lipinski definition) is 0. The predicted molar refractivity (Wildman–Crippen MR) is 34.7 cm³/mol. The van der Waals surface area contributed by atoms with Crippen molar-refractivity contribution < 1.29 is 17.6 Å². The van der Waals surface area contributed by atoms with Crippen molar-refractivity contribution in [2.24, 2.45) is 0 Å². The molecule has 0 spiro atoms. The van der Waals surface area contributed by atoms with E-state index in [4.69, 9.17) is 0 Å². The van der Waals surface area contributed by atoms with Crippen LogP contribution in [0.3, 0.4) is 0 Å². The predicted octanol–water partition coefficient (Wildman–Crippen LogP) is 3.37. The molecule has 0 aromatic heterocycles. The van der Waals surface area contributed by atoms with Crippen LogP contribution in [-0.4, -0.2) is 6.18 Å². The van der Waals surface area contributed by atoms with E-state index in [1.807, 2.05) is 0 Å². The quantitative estimate of drug-likeness (QED) is 0.438. The molecule has 0 aromatic rings. The van der Waals surface area contributed by atoms with Crippen molar-refractivity contribution in [2.75, 3.05) is 0 Å². The van der Waals surface area contributed by atoms with Gasteiger partial charge < -0.3 is 0 Å². The molecular formula is C7H8F4. The van der Waals surface area contributed by atoms with Gasteiger partial charge in [-0.15, -0.1) is 0 Å². The van der Waals surface area contributed by atoms with E-state index in [1.165, 1.54) is 6.92 Å². The molecule has 0 rings (SSSR count). The summed E-state index contributed by atoms with van der Waals surface area (Å²) in [6.45, 7) is 4.02. The molecule has 0 aromatic carbocycles. The molecule has 0 aliphatic rings. The fourth-order valence-corrected chi connectivity index (χ4v) is 0.573. The van der Waals surface area contributed by atoms with Crippen LogP contribution in [0.4, 0.5) is 17.6 Å². The molecule has 0 N–H and O–H groups in total. The minimum Gasteiger partial charge on any atom is -0.208 e. The third-order valence-electron chi connectivity index (χ3n) is 1.08. The molecule has 0 saturated carbocycles. The monoisotopic (exact) mass is 168 g/mol. The van der Waals surface area contributed by atoms with E-state index >= 15 is 0 Å². The van der Waals surface area contributed by atoms with E-state index in [1.54, 1.807) is 0 Å². The molecule has 0 fully saturated rings. The molecule has 0 saturated heterocycles. The lowest BCUT2D eigenvalue weighted by molar-refractivity contribution is -0.0936. The van der Waals surface area contributed by atoms with Crippen LogP contribution in [0.25, 0.3) is 0 Å². The number of halogens is 4. The Balaban J connectivity index is 4.54. The van der Waals surface area contributed by atoms with Gasteiger partial charge in [-0.05, 0) is 12.5 Å². The van der Waals surface area contributed by atoms with Gasteiger partial charge in [0, 0.05) is 5.57 Å². The molecule has 0 aliphatic carbocycles. The molecule has 0 nitrogen and oxygen atoms in total. The first-order valence-corrected chi connectivity index (χ1v) is 3.00. The second kappa shape index (κ2) is 3.55. The lowest BCUT2D eigenvalue weighted by atomic mass is 10.2. The second-order valence-electron chi connectivity index (χ2n) is 1.97. The van der Waals surface area contributed by atoms with E-state index < -0.39 is 17.6 Å². The molecule has 0 heterocycles. The van der Waals surface area contributed by atoms with Crippen LogP contribution in [-0.2, 0) is 0 Å². The number of rotatable bonds is 2. The van der Waals surface area contributed by atoms with Crippen molar-refractivity contribution in [2.45, 2.75) is 19.5 Å². The van der Waals surface area contributed by atoms with Gasteiger partial charge in [0.1, 0.15) is 5.83 Å². The normalized spacial score (nSPS) is 13.4. The summed E-state index contributed by atoms with van der Waals surface area (Å²) in [7, 11) is 0. The molecule has 0 bridgehead atoms. The van der Waals surface area contributed by atoms with Crippen molar-refractivity contribution in [3.8, 4) is 0 Å². The van der Waals surface area contributed by atoms with Gasteiger partial charge in [0.15, 0.2) is 0 Å². The van der Waals surface area contributed by atoms with Crippen molar-refractivity contribution in [3.05, 3.63) is 24.1 Å². The van der Waals surface area contributed by atoms with E-state index in [-0.39, 0.29) is 6.42 Å². The highest BCUT2D eigenvalue weighted by atomic mass is 19.4. The summed E-state index contributed by atoms with van der Waals surface area (Å²) >= 11 is 0. The molecule has 0 atom stereocenters. The Morgan fingerprint density at radius 3 is 2.00 bits per heavy atom. The maximum absolute atomic E-state index is 11.9. The average molecular weight is 168 g/mol. The van der Waals surface area contributed by atoms with Gasteiger partial charge in [0.05, 0.1) is 0 Å². The summed E-state index contributed by atoms with van der Waals surface area (Å²) in [6, 6.07) is 0. The van der Waals surface area contributed by atoms with Crippen LogP contribution in [0.2, 0.25) is 0 Å². The van der Waals surface area contributed by atoms with Crippen LogP contribution >= 0.6 is 0 Å². The van der Waals surface area contributed by atoms with Crippen LogP contribution in [0.5, 0.6) is 0 Å². The summed E-state index contributed by atoms with van der Waals surface area (Å²) in [6.07, 6.45) is -4.28. The molecule has 0 aliphatic heterocycles. The summed E-state index contributed by atoms with van der Waals surface area (Å²) in [5, 5.41) is 0. The van der Waals surface area contributed by atoms with Gasteiger partial charge in [0.25, 0.3) is 0 Å². The van der Waals surface area contributed by atoms with Crippen LogP contribution in [0.1, 0.15) is 13.3 Å². The Hall–Kier alpha value is -0.800. The molecular weight excluding hydrogens is 160 g/mol. The standard InChI is InChI=1S/C7H8F4/c1-3-6(4-5(2)8)7(9,10)11/h4H,2-3H2,1H3/b6-4+. The summed E-state index contributed by atoms with van der Waals surface area (Å²) in [4.78, 5) is 0. The zero-order chi connectivity index (χ0) is 9.07. The summed E-state index contributed by atoms with van der Waals surface area (Å²) in [5.41, 5.74) is -0.898. The smallest absolute Gasteiger partial charge is 0.208 e. The van der Waals surface area contributed by atoms with Gasteiger partial charge in [-0.3, -0.25) is 0 Å². The minimum absolute atomic E-state index is 0.244. The zero-order valence-electron chi connectivity index (χ0n) is 6.00. The highest BCUT2D eigenvalue weighted by Gasteiger charge is 2.31. The fraction of sp³-hybridized carbons (Fsp3) is 0.429. The highest BCUT2D eigenvalue weighted by molar-refractivity contribution is 5.18. The number of alkyl halides is 3. The van der Waals surface area contributed by atoms with E-state index in [0.717, 1.165) is 0 Å². The van der Waals surface area contributed by atoms with Gasteiger partial charge >= 0.3 is 6.18 Å². The van der Waals surface area contributed by atoms with Gasteiger partial charge in [0.2, 0.25) is 0 Å². The lowest BCUT2D eigenvalue weighted by Gasteiger charge is -2.07. The molecule has 4 heteroatoms. The minimum atomic E-state index is -4.44. The van der Waals surface area contributed by atoms with Gasteiger partial charge in [-0.25, -0.2) is 4.39 Å². The first-order valence-electron chi connectivity index (χ1n) is 3.00. The van der Waals surface area contributed by atoms with Crippen molar-refractivity contribution in [3.63, 3.8) is 0 Å². The summed E-state index contributed by atoms with van der Waals surface area (Å²) < 4.78 is 47.3. The topological polar surface area (TPSA) is 0 Å². The lowest BCUT2D eigenvalue weighted by Crippen LogP contribution is -2.10. The molecule has 64 valence electrons. The largest absolute Gasteiger partial charge is 0.412 e. The van der Waals surface area contributed by atoms with Crippen LogP contribution < -0.4 is 0 Å². The highest BCUT2D eigenvalue weighted by Crippen LogP contribution is 2.28.